The van der Waals surface area contributed by atoms with Gasteiger partial charge in [-0.25, -0.2) is 4.98 Å². The van der Waals surface area contributed by atoms with Crippen molar-refractivity contribution < 1.29 is 14.4 Å². The molecule has 0 radical (unpaired) electrons. The van der Waals surface area contributed by atoms with Crippen LogP contribution in [-0.4, -0.2) is 65.1 Å². The number of ketones is 1. The molecule has 1 saturated heterocycles. The maximum atomic E-state index is 13.9. The molecule has 4 rings (SSSR count). The van der Waals surface area contributed by atoms with Crippen LogP contribution in [0.4, 0.5) is 0 Å². The van der Waals surface area contributed by atoms with Crippen molar-refractivity contribution in [2.75, 3.05) is 20.6 Å². The van der Waals surface area contributed by atoms with Crippen molar-refractivity contribution in [1.29, 1.82) is 0 Å². The van der Waals surface area contributed by atoms with E-state index >= 15 is 0 Å². The van der Waals surface area contributed by atoms with Gasteiger partial charge in [0.15, 0.2) is 0 Å². The van der Waals surface area contributed by atoms with Gasteiger partial charge in [0.25, 0.3) is 0 Å². The lowest BCUT2D eigenvalue weighted by Gasteiger charge is -2.35. The van der Waals surface area contributed by atoms with Gasteiger partial charge < -0.3 is 10.2 Å². The highest BCUT2D eigenvalue weighted by Gasteiger charge is 2.40. The molecule has 2 aliphatic rings. The summed E-state index contributed by atoms with van der Waals surface area (Å²) >= 11 is 1.44. The van der Waals surface area contributed by atoms with Crippen LogP contribution in [0.15, 0.2) is 35.7 Å². The van der Waals surface area contributed by atoms with Crippen LogP contribution >= 0.6 is 11.3 Å². The molecule has 1 aromatic heterocycles. The zero-order valence-electron chi connectivity index (χ0n) is 20.9. The molecule has 2 heterocycles. The molecule has 0 spiro atoms. The number of likely N-dealkylation sites (tertiary alicyclic amines) is 1. The lowest BCUT2D eigenvalue weighted by molar-refractivity contribution is -0.140. The summed E-state index contributed by atoms with van der Waals surface area (Å²) in [5.74, 6) is -0.0687. The van der Waals surface area contributed by atoms with Crippen LogP contribution in [0.25, 0.3) is 0 Å². The first-order valence-electron chi connectivity index (χ1n) is 12.7. The molecule has 1 aromatic carbocycles. The van der Waals surface area contributed by atoms with E-state index in [1.807, 2.05) is 49.0 Å². The Morgan fingerprint density at radius 1 is 1.06 bits per heavy atom. The van der Waals surface area contributed by atoms with Crippen LogP contribution in [0.1, 0.15) is 79.0 Å². The van der Waals surface area contributed by atoms with Crippen molar-refractivity contribution in [2.24, 2.45) is 5.92 Å². The molecule has 2 fully saturated rings. The largest absolute Gasteiger partial charge is 0.343 e. The van der Waals surface area contributed by atoms with E-state index in [9.17, 15) is 14.4 Å². The van der Waals surface area contributed by atoms with Crippen molar-refractivity contribution in [2.45, 2.75) is 70.0 Å². The first kappa shape index (κ1) is 25.5. The Hall–Kier alpha value is -2.58. The molecular formula is C27H36N4O3S. The van der Waals surface area contributed by atoms with E-state index in [2.05, 4.69) is 10.3 Å². The van der Waals surface area contributed by atoms with Crippen LogP contribution < -0.4 is 5.32 Å². The number of thiazole rings is 1. The average Bonchev–Trinajstić information content (AvgIpc) is 3.56. The number of rotatable bonds is 8. The van der Waals surface area contributed by atoms with E-state index < -0.39 is 6.04 Å². The molecule has 1 saturated carbocycles. The number of likely N-dealkylation sites (N-methyl/N-ethyl adjacent to an activating group) is 1. The van der Waals surface area contributed by atoms with Crippen molar-refractivity contribution in [3.63, 3.8) is 0 Å². The van der Waals surface area contributed by atoms with Crippen LogP contribution in [0.5, 0.6) is 0 Å². The summed E-state index contributed by atoms with van der Waals surface area (Å²) < 4.78 is 0. The summed E-state index contributed by atoms with van der Waals surface area (Å²) in [5, 5.41) is 5.71. The zero-order chi connectivity index (χ0) is 24.9. The maximum Gasteiger partial charge on any atom is 0.246 e. The van der Waals surface area contributed by atoms with E-state index in [0.29, 0.717) is 17.8 Å². The SMILES string of the molecule is C[C@@H](C(=O)NC(C(=O)N1CCCC1c1nc(C(=O)c2ccccc2)cs1)C1CCCCC1)N(C)C. The molecule has 0 bridgehead atoms. The Kier molecular flexibility index (Phi) is 8.34. The number of amides is 2. The van der Waals surface area contributed by atoms with Gasteiger partial charge in [0.1, 0.15) is 16.7 Å². The van der Waals surface area contributed by atoms with Gasteiger partial charge in [-0.05, 0) is 52.6 Å². The van der Waals surface area contributed by atoms with Gasteiger partial charge in [0, 0.05) is 17.5 Å². The van der Waals surface area contributed by atoms with E-state index in [-0.39, 0.29) is 35.6 Å². The number of nitrogens with one attached hydrogen (secondary N) is 1. The molecule has 2 aromatic rings. The monoisotopic (exact) mass is 496 g/mol. The van der Waals surface area contributed by atoms with Crippen LogP contribution in [0.2, 0.25) is 0 Å². The second kappa shape index (κ2) is 11.4. The second-order valence-electron chi connectivity index (χ2n) is 9.98. The van der Waals surface area contributed by atoms with Crippen molar-refractivity contribution >= 4 is 28.9 Å². The van der Waals surface area contributed by atoms with E-state index in [0.717, 1.165) is 43.5 Å². The van der Waals surface area contributed by atoms with Crippen molar-refractivity contribution in [1.82, 2.24) is 20.1 Å². The fraction of sp³-hybridized carbons (Fsp3) is 0.556. The first-order valence-corrected chi connectivity index (χ1v) is 13.6. The second-order valence-corrected chi connectivity index (χ2v) is 10.9. The number of hydrogen-bond acceptors (Lipinski definition) is 6. The molecular weight excluding hydrogens is 460 g/mol. The summed E-state index contributed by atoms with van der Waals surface area (Å²) in [5.41, 5.74) is 1.03. The summed E-state index contributed by atoms with van der Waals surface area (Å²) in [7, 11) is 3.74. The molecule has 2 unspecified atom stereocenters. The lowest BCUT2D eigenvalue weighted by atomic mass is 9.83. The van der Waals surface area contributed by atoms with Gasteiger partial charge in [-0.2, -0.15) is 0 Å². The van der Waals surface area contributed by atoms with Gasteiger partial charge in [-0.15, -0.1) is 11.3 Å². The molecule has 1 aliphatic carbocycles. The molecule has 8 heteroatoms. The van der Waals surface area contributed by atoms with Gasteiger partial charge >= 0.3 is 0 Å². The Balaban J connectivity index is 1.53. The summed E-state index contributed by atoms with van der Waals surface area (Å²) in [4.78, 5) is 48.2. The molecule has 3 atom stereocenters. The van der Waals surface area contributed by atoms with Crippen LogP contribution in [0.3, 0.4) is 0 Å². The fourth-order valence-electron chi connectivity index (χ4n) is 5.11. The third-order valence-electron chi connectivity index (χ3n) is 7.45. The van der Waals surface area contributed by atoms with E-state index in [1.54, 1.807) is 17.5 Å². The number of carbonyl (C=O) groups is 3. The molecule has 7 nitrogen and oxygen atoms in total. The van der Waals surface area contributed by atoms with Crippen LogP contribution in [-0.2, 0) is 9.59 Å². The Morgan fingerprint density at radius 2 is 1.77 bits per heavy atom. The van der Waals surface area contributed by atoms with Gasteiger partial charge in [-0.1, -0.05) is 49.6 Å². The standard InChI is InChI=1S/C27H36N4O3S/c1-18(30(2)3)25(33)29-23(19-11-6-4-7-12-19)27(34)31-16-10-15-22(31)26-28-21(17-35-26)24(32)20-13-8-5-9-14-20/h5,8-9,13-14,17-19,22-23H,4,6-7,10-12,15-16H2,1-3H3,(H,29,33)/t18-,22?,23?/m0/s1. The smallest absolute Gasteiger partial charge is 0.246 e. The first-order chi connectivity index (χ1) is 16.9. The zero-order valence-corrected chi connectivity index (χ0v) is 21.7. The predicted octanol–water partition coefficient (Wildman–Crippen LogP) is 4.05. The maximum absolute atomic E-state index is 13.9. The Morgan fingerprint density at radius 3 is 2.46 bits per heavy atom. The predicted molar refractivity (Wildman–Crippen MR) is 137 cm³/mol. The molecule has 188 valence electrons. The summed E-state index contributed by atoms with van der Waals surface area (Å²) in [6.45, 7) is 2.50. The minimum atomic E-state index is -0.517. The Labute approximate surface area is 211 Å². The van der Waals surface area contributed by atoms with Gasteiger partial charge in [0.2, 0.25) is 17.6 Å². The Bertz CT molecular complexity index is 1030. The number of hydrogen-bond donors (Lipinski definition) is 1. The average molecular weight is 497 g/mol. The molecule has 2 amide bonds. The summed E-state index contributed by atoms with van der Waals surface area (Å²) in [6.07, 6.45) is 6.98. The quantitative estimate of drug-likeness (QED) is 0.558. The van der Waals surface area contributed by atoms with Crippen LogP contribution in [0, 0.1) is 5.92 Å². The number of carbonyl (C=O) groups excluding carboxylic acids is 3. The number of benzene rings is 1. The highest BCUT2D eigenvalue weighted by Crippen LogP contribution is 2.36. The van der Waals surface area contributed by atoms with Crippen molar-refractivity contribution in [3.05, 3.63) is 52.0 Å². The van der Waals surface area contributed by atoms with Gasteiger partial charge in [0.05, 0.1) is 12.1 Å². The topological polar surface area (TPSA) is 82.6 Å². The van der Waals surface area contributed by atoms with E-state index in [1.165, 1.54) is 17.8 Å². The summed E-state index contributed by atoms with van der Waals surface area (Å²) in [6, 6.07) is 8.16. The lowest BCUT2D eigenvalue weighted by Crippen LogP contribution is -2.55. The molecule has 1 aliphatic heterocycles. The number of aromatic nitrogens is 1. The van der Waals surface area contributed by atoms with Crippen molar-refractivity contribution in [3.8, 4) is 0 Å². The molecule has 1 N–H and O–H groups in total. The highest BCUT2D eigenvalue weighted by molar-refractivity contribution is 7.10. The minimum Gasteiger partial charge on any atom is -0.343 e. The number of nitrogens with zero attached hydrogens (tertiary/aromatic N) is 3. The van der Waals surface area contributed by atoms with Gasteiger partial charge in [-0.3, -0.25) is 19.3 Å². The third kappa shape index (κ3) is 5.81. The fourth-order valence-corrected chi connectivity index (χ4v) is 6.05. The molecule has 35 heavy (non-hydrogen) atoms. The normalized spacial score (nSPS) is 20.6. The van der Waals surface area contributed by atoms with E-state index in [4.69, 9.17) is 0 Å². The minimum absolute atomic E-state index is 0.00941. The third-order valence-corrected chi connectivity index (χ3v) is 8.40. The highest BCUT2D eigenvalue weighted by atomic mass is 32.1.